The minimum atomic E-state index is 0.538. The Balaban J connectivity index is 3.56. The van der Waals surface area contributed by atoms with Gasteiger partial charge >= 0.3 is 0 Å². The van der Waals surface area contributed by atoms with Crippen LogP contribution in [0.25, 0.3) is 0 Å². The first kappa shape index (κ1) is 9.36. The van der Waals surface area contributed by atoms with Crippen LogP contribution in [0.1, 0.15) is 6.92 Å². The molecule has 0 atom stereocenters. The van der Waals surface area contributed by atoms with Crippen LogP contribution >= 0.6 is 12.2 Å². The molecule has 0 aromatic rings. The minimum Gasteiger partial charge on any atom is -0.369 e. The molecular formula is C6H13N3S. The van der Waals surface area contributed by atoms with Crippen molar-refractivity contribution < 1.29 is 0 Å². The number of thiocarbonyl (C=S) groups is 1. The molecule has 0 rings (SSSR count). The van der Waals surface area contributed by atoms with Gasteiger partial charge in [0.25, 0.3) is 0 Å². The molecule has 0 spiro atoms. The van der Waals surface area contributed by atoms with Gasteiger partial charge in [-0.1, -0.05) is 0 Å². The minimum absolute atomic E-state index is 0.538. The lowest BCUT2D eigenvalue weighted by atomic mass is 10.7. The number of hydrogen-bond acceptors (Lipinski definition) is 1. The third-order valence-corrected chi connectivity index (χ3v) is 0.984. The van der Waals surface area contributed by atoms with Gasteiger partial charge in [0.2, 0.25) is 0 Å². The number of nitrogens with zero attached hydrogens (tertiary/aromatic N) is 2. The second kappa shape index (κ2) is 5.17. The maximum absolute atomic E-state index is 4.84. The van der Waals surface area contributed by atoms with E-state index in [2.05, 4.69) is 10.3 Å². The van der Waals surface area contributed by atoms with Crippen molar-refractivity contribution in [2.45, 2.75) is 6.92 Å². The van der Waals surface area contributed by atoms with Crippen molar-refractivity contribution in [2.75, 3.05) is 20.6 Å². The summed E-state index contributed by atoms with van der Waals surface area (Å²) in [6, 6.07) is 0. The average molecular weight is 159 g/mol. The van der Waals surface area contributed by atoms with Crippen molar-refractivity contribution in [3.05, 3.63) is 0 Å². The molecule has 0 unspecified atom stereocenters. The smallest absolute Gasteiger partial charge is 0.194 e. The first-order valence-electron chi connectivity index (χ1n) is 3.15. The van der Waals surface area contributed by atoms with Crippen molar-refractivity contribution in [1.29, 1.82) is 0 Å². The zero-order valence-electron chi connectivity index (χ0n) is 6.59. The summed E-state index contributed by atoms with van der Waals surface area (Å²) in [6.07, 6.45) is 1.67. The molecule has 0 amide bonds. The van der Waals surface area contributed by atoms with Crippen LogP contribution in [0.15, 0.2) is 4.99 Å². The molecule has 58 valence electrons. The van der Waals surface area contributed by atoms with E-state index in [1.165, 1.54) is 0 Å². The van der Waals surface area contributed by atoms with Gasteiger partial charge in [-0.05, 0) is 19.1 Å². The summed E-state index contributed by atoms with van der Waals surface area (Å²) >= 11 is 4.84. The second-order valence-electron chi connectivity index (χ2n) is 2.04. The highest BCUT2D eigenvalue weighted by atomic mass is 32.1. The van der Waals surface area contributed by atoms with E-state index in [0.29, 0.717) is 5.11 Å². The second-order valence-corrected chi connectivity index (χ2v) is 2.43. The average Bonchev–Trinajstić information content (AvgIpc) is 1.85. The van der Waals surface area contributed by atoms with Crippen LogP contribution in [-0.2, 0) is 0 Å². The Morgan fingerprint density at radius 3 is 2.70 bits per heavy atom. The molecule has 0 aliphatic heterocycles. The third-order valence-electron chi connectivity index (χ3n) is 0.734. The van der Waals surface area contributed by atoms with Gasteiger partial charge in [0.05, 0.1) is 6.34 Å². The van der Waals surface area contributed by atoms with Crippen LogP contribution in [0.5, 0.6) is 0 Å². The first-order valence-corrected chi connectivity index (χ1v) is 3.56. The molecule has 3 nitrogen and oxygen atoms in total. The van der Waals surface area contributed by atoms with E-state index in [1.54, 1.807) is 6.34 Å². The van der Waals surface area contributed by atoms with Crippen molar-refractivity contribution in [3.8, 4) is 0 Å². The number of nitrogens with one attached hydrogen (secondary N) is 1. The SMILES string of the molecule is CCNC(=S)/N=C\N(C)C. The zero-order valence-corrected chi connectivity index (χ0v) is 7.40. The monoisotopic (exact) mass is 159 g/mol. The van der Waals surface area contributed by atoms with Crippen molar-refractivity contribution in [1.82, 2.24) is 10.2 Å². The fourth-order valence-electron chi connectivity index (χ4n) is 0.365. The number of hydrogen-bond donors (Lipinski definition) is 1. The molecular weight excluding hydrogens is 146 g/mol. The van der Waals surface area contributed by atoms with E-state index >= 15 is 0 Å². The maximum atomic E-state index is 4.84. The Kier molecular flexibility index (Phi) is 4.84. The highest BCUT2D eigenvalue weighted by Gasteiger charge is 1.85. The molecule has 0 bridgehead atoms. The summed E-state index contributed by atoms with van der Waals surface area (Å²) in [5.41, 5.74) is 0. The molecule has 0 saturated carbocycles. The molecule has 4 heteroatoms. The molecule has 10 heavy (non-hydrogen) atoms. The molecule has 0 radical (unpaired) electrons. The quantitative estimate of drug-likeness (QED) is 0.360. The van der Waals surface area contributed by atoms with Gasteiger partial charge in [-0.2, -0.15) is 0 Å². The molecule has 0 aliphatic carbocycles. The highest BCUT2D eigenvalue weighted by molar-refractivity contribution is 7.80. The fraction of sp³-hybridized carbons (Fsp3) is 0.667. The lowest BCUT2D eigenvalue weighted by Crippen LogP contribution is -2.20. The van der Waals surface area contributed by atoms with Crippen molar-refractivity contribution in [3.63, 3.8) is 0 Å². The van der Waals surface area contributed by atoms with Crippen LogP contribution in [-0.4, -0.2) is 37.0 Å². The highest BCUT2D eigenvalue weighted by Crippen LogP contribution is 1.74. The number of aliphatic imine (C=N–C) groups is 1. The van der Waals surface area contributed by atoms with Gasteiger partial charge in [0, 0.05) is 20.6 Å². The number of rotatable bonds is 2. The molecule has 0 saturated heterocycles. The maximum Gasteiger partial charge on any atom is 0.194 e. The Labute approximate surface area is 67.1 Å². The molecule has 0 fully saturated rings. The van der Waals surface area contributed by atoms with E-state index in [4.69, 9.17) is 12.2 Å². The molecule has 0 aromatic heterocycles. The van der Waals surface area contributed by atoms with E-state index in [1.807, 2.05) is 25.9 Å². The van der Waals surface area contributed by atoms with Crippen LogP contribution < -0.4 is 5.32 Å². The van der Waals surface area contributed by atoms with Crippen LogP contribution in [0, 0.1) is 0 Å². The molecule has 0 aliphatic rings. The van der Waals surface area contributed by atoms with Gasteiger partial charge in [0.15, 0.2) is 5.11 Å². The summed E-state index contributed by atoms with van der Waals surface area (Å²) in [4.78, 5) is 5.77. The first-order chi connectivity index (χ1) is 4.66. The molecule has 0 heterocycles. The Morgan fingerprint density at radius 2 is 2.30 bits per heavy atom. The summed E-state index contributed by atoms with van der Waals surface area (Å²) < 4.78 is 0. The topological polar surface area (TPSA) is 27.6 Å². The van der Waals surface area contributed by atoms with Crippen molar-refractivity contribution in [2.24, 2.45) is 4.99 Å². The van der Waals surface area contributed by atoms with Gasteiger partial charge in [-0.15, -0.1) is 0 Å². The Bertz CT molecular complexity index is 131. The standard InChI is InChI=1S/C6H13N3S/c1-4-7-6(10)8-5-9(2)3/h5H,4H2,1-3H3,(H,7,10)/b8-5-. The Hall–Kier alpha value is -0.640. The zero-order chi connectivity index (χ0) is 7.98. The van der Waals surface area contributed by atoms with Crippen LogP contribution in [0.3, 0.4) is 0 Å². The van der Waals surface area contributed by atoms with Gasteiger partial charge in [-0.25, -0.2) is 4.99 Å². The Morgan fingerprint density at radius 1 is 1.70 bits per heavy atom. The third kappa shape index (κ3) is 5.50. The predicted molar refractivity (Wildman–Crippen MR) is 48.5 cm³/mol. The van der Waals surface area contributed by atoms with Crippen molar-refractivity contribution >= 4 is 23.7 Å². The van der Waals surface area contributed by atoms with E-state index < -0.39 is 0 Å². The van der Waals surface area contributed by atoms with E-state index in [9.17, 15) is 0 Å². The largest absolute Gasteiger partial charge is 0.369 e. The van der Waals surface area contributed by atoms with Gasteiger partial charge in [-0.3, -0.25) is 0 Å². The lowest BCUT2D eigenvalue weighted by Gasteiger charge is -2.02. The summed E-state index contributed by atoms with van der Waals surface area (Å²) in [6.45, 7) is 2.81. The molecule has 0 aromatic carbocycles. The predicted octanol–water partition coefficient (Wildman–Crippen LogP) is 0.471. The lowest BCUT2D eigenvalue weighted by molar-refractivity contribution is 0.643. The van der Waals surface area contributed by atoms with Gasteiger partial charge in [0.1, 0.15) is 0 Å². The van der Waals surface area contributed by atoms with E-state index in [0.717, 1.165) is 6.54 Å². The van der Waals surface area contributed by atoms with Crippen LogP contribution in [0.4, 0.5) is 0 Å². The fourth-order valence-corrected chi connectivity index (χ4v) is 0.556. The summed E-state index contributed by atoms with van der Waals surface area (Å²) in [5, 5.41) is 3.45. The van der Waals surface area contributed by atoms with Gasteiger partial charge < -0.3 is 10.2 Å². The van der Waals surface area contributed by atoms with Crippen LogP contribution in [0.2, 0.25) is 0 Å². The summed E-state index contributed by atoms with van der Waals surface area (Å²) in [7, 11) is 3.80. The normalized spacial score (nSPS) is 9.90. The van der Waals surface area contributed by atoms with E-state index in [-0.39, 0.29) is 0 Å². The molecule has 1 N–H and O–H groups in total. The summed E-state index contributed by atoms with van der Waals surface area (Å²) in [5.74, 6) is 0.